The number of benzene rings is 1. The van der Waals surface area contributed by atoms with Crippen LogP contribution < -0.4 is 4.74 Å². The van der Waals surface area contributed by atoms with Crippen LogP contribution in [-0.2, 0) is 16.0 Å². The number of para-hydroxylation sites is 1. The molecule has 106 valence electrons. The zero-order chi connectivity index (χ0) is 14.1. The van der Waals surface area contributed by atoms with Crippen LogP contribution in [0.3, 0.4) is 0 Å². The number of ether oxygens (including phenoxy) is 1. The fourth-order valence-corrected chi connectivity index (χ4v) is 2.69. The van der Waals surface area contributed by atoms with Crippen molar-refractivity contribution in [3.05, 3.63) is 29.8 Å². The van der Waals surface area contributed by atoms with Crippen LogP contribution in [0.2, 0.25) is 0 Å². The predicted molar refractivity (Wildman–Crippen MR) is 73.3 cm³/mol. The van der Waals surface area contributed by atoms with Gasteiger partial charge in [-0.25, -0.2) is 0 Å². The van der Waals surface area contributed by atoms with Crippen molar-refractivity contribution in [3.63, 3.8) is 0 Å². The maximum absolute atomic E-state index is 12.5. The molecule has 20 heavy (non-hydrogen) atoms. The van der Waals surface area contributed by atoms with Gasteiger partial charge in [0.05, 0.1) is 12.5 Å². The smallest absolute Gasteiger partial charge is 0.241 e. The second-order valence-electron chi connectivity index (χ2n) is 5.39. The molecule has 1 unspecified atom stereocenters. The average molecular weight is 274 g/mol. The highest BCUT2D eigenvalue weighted by Gasteiger charge is 2.32. The number of piperazine rings is 1. The zero-order valence-corrected chi connectivity index (χ0v) is 11.5. The Bertz CT molecular complexity index is 544. The summed E-state index contributed by atoms with van der Waals surface area (Å²) in [6.07, 6.45) is 0.690. The van der Waals surface area contributed by atoms with E-state index in [4.69, 9.17) is 4.74 Å². The molecule has 0 aliphatic carbocycles. The van der Waals surface area contributed by atoms with Gasteiger partial charge in [0.15, 0.2) is 0 Å². The Morgan fingerprint density at radius 2 is 2.10 bits per heavy atom. The van der Waals surface area contributed by atoms with Crippen molar-refractivity contribution in [1.29, 1.82) is 0 Å². The molecule has 1 aromatic rings. The summed E-state index contributed by atoms with van der Waals surface area (Å²) in [4.78, 5) is 27.5. The van der Waals surface area contributed by atoms with Crippen LogP contribution in [0.1, 0.15) is 5.56 Å². The van der Waals surface area contributed by atoms with E-state index >= 15 is 0 Å². The van der Waals surface area contributed by atoms with Gasteiger partial charge in [0.1, 0.15) is 12.4 Å². The molecule has 1 saturated heterocycles. The van der Waals surface area contributed by atoms with Crippen molar-refractivity contribution < 1.29 is 14.3 Å². The van der Waals surface area contributed by atoms with Gasteiger partial charge >= 0.3 is 0 Å². The molecule has 0 N–H and O–H groups in total. The van der Waals surface area contributed by atoms with E-state index in [1.54, 1.807) is 16.8 Å². The van der Waals surface area contributed by atoms with Gasteiger partial charge in [0.2, 0.25) is 11.8 Å². The Morgan fingerprint density at radius 3 is 2.90 bits per heavy atom. The molecule has 0 saturated carbocycles. The first-order valence-electron chi connectivity index (χ1n) is 6.88. The number of rotatable bonds is 1. The summed E-state index contributed by atoms with van der Waals surface area (Å²) in [5, 5.41) is 0. The SMILES string of the molecule is CN1CCN(C(=O)C2COc3ccccc3C2)CC1=O. The highest BCUT2D eigenvalue weighted by molar-refractivity contribution is 5.87. The third kappa shape index (κ3) is 2.35. The minimum atomic E-state index is -0.180. The Hall–Kier alpha value is -2.04. The van der Waals surface area contributed by atoms with Gasteiger partial charge in [-0.15, -0.1) is 0 Å². The van der Waals surface area contributed by atoms with Crippen molar-refractivity contribution >= 4 is 11.8 Å². The summed E-state index contributed by atoms with van der Waals surface area (Å²) in [6.45, 7) is 1.80. The number of hydrogen-bond donors (Lipinski definition) is 0. The lowest BCUT2D eigenvalue weighted by molar-refractivity contribution is -0.147. The minimum absolute atomic E-state index is 0.00160. The Morgan fingerprint density at radius 1 is 1.30 bits per heavy atom. The van der Waals surface area contributed by atoms with E-state index in [0.29, 0.717) is 26.1 Å². The van der Waals surface area contributed by atoms with Crippen LogP contribution >= 0.6 is 0 Å². The lowest BCUT2D eigenvalue weighted by Crippen LogP contribution is -2.53. The Kier molecular flexibility index (Phi) is 3.34. The summed E-state index contributed by atoms with van der Waals surface area (Å²) in [5.41, 5.74) is 1.07. The van der Waals surface area contributed by atoms with Gasteiger partial charge in [-0.1, -0.05) is 18.2 Å². The fraction of sp³-hybridized carbons (Fsp3) is 0.467. The molecule has 0 bridgehead atoms. The first-order valence-corrected chi connectivity index (χ1v) is 6.88. The molecule has 5 heteroatoms. The summed E-state index contributed by atoms with van der Waals surface area (Å²) in [7, 11) is 1.77. The number of amides is 2. The molecule has 2 amide bonds. The summed E-state index contributed by atoms with van der Waals surface area (Å²) in [5.74, 6) is 0.717. The first-order chi connectivity index (χ1) is 9.65. The van der Waals surface area contributed by atoms with E-state index in [-0.39, 0.29) is 24.3 Å². The molecular formula is C15H18N2O3. The quantitative estimate of drug-likeness (QED) is 0.751. The van der Waals surface area contributed by atoms with Gasteiger partial charge in [0.25, 0.3) is 0 Å². The molecule has 2 aliphatic rings. The predicted octanol–water partition coefficient (Wildman–Crippen LogP) is 0.538. The molecule has 3 rings (SSSR count). The number of fused-ring (bicyclic) bond motifs is 1. The van der Waals surface area contributed by atoms with Crippen LogP contribution in [-0.4, -0.2) is 54.9 Å². The molecule has 1 atom stereocenters. The van der Waals surface area contributed by atoms with Crippen molar-refractivity contribution in [3.8, 4) is 5.75 Å². The molecule has 1 aromatic carbocycles. The largest absolute Gasteiger partial charge is 0.492 e. The van der Waals surface area contributed by atoms with Crippen molar-refractivity contribution in [1.82, 2.24) is 9.80 Å². The molecule has 0 spiro atoms. The molecule has 0 radical (unpaired) electrons. The second-order valence-corrected chi connectivity index (χ2v) is 5.39. The van der Waals surface area contributed by atoms with Gasteiger partial charge in [-0.2, -0.15) is 0 Å². The van der Waals surface area contributed by atoms with Crippen molar-refractivity contribution in [2.45, 2.75) is 6.42 Å². The van der Waals surface area contributed by atoms with Crippen molar-refractivity contribution in [2.24, 2.45) is 5.92 Å². The van der Waals surface area contributed by atoms with Crippen LogP contribution in [0.5, 0.6) is 5.75 Å². The van der Waals surface area contributed by atoms with Gasteiger partial charge in [-0.3, -0.25) is 9.59 Å². The number of carbonyl (C=O) groups excluding carboxylic acids is 2. The highest BCUT2D eigenvalue weighted by Crippen LogP contribution is 2.27. The number of likely N-dealkylation sites (N-methyl/N-ethyl adjacent to an activating group) is 1. The molecule has 0 aromatic heterocycles. The van der Waals surface area contributed by atoms with Crippen LogP contribution in [0.4, 0.5) is 0 Å². The van der Waals surface area contributed by atoms with Crippen LogP contribution in [0.15, 0.2) is 24.3 Å². The van der Waals surface area contributed by atoms with Crippen LogP contribution in [0.25, 0.3) is 0 Å². The average Bonchev–Trinajstić information content (AvgIpc) is 2.49. The van der Waals surface area contributed by atoms with Crippen molar-refractivity contribution in [2.75, 3.05) is 33.3 Å². The lowest BCUT2D eigenvalue weighted by atomic mass is 9.95. The van der Waals surface area contributed by atoms with Crippen LogP contribution in [0, 0.1) is 5.92 Å². The normalized spacial score (nSPS) is 22.2. The monoisotopic (exact) mass is 274 g/mol. The Labute approximate surface area is 118 Å². The van der Waals surface area contributed by atoms with Gasteiger partial charge in [-0.05, 0) is 18.1 Å². The van der Waals surface area contributed by atoms with E-state index in [9.17, 15) is 9.59 Å². The maximum Gasteiger partial charge on any atom is 0.241 e. The lowest BCUT2D eigenvalue weighted by Gasteiger charge is -2.35. The molecular weight excluding hydrogens is 256 g/mol. The van der Waals surface area contributed by atoms with E-state index in [1.807, 2.05) is 24.3 Å². The standard InChI is InChI=1S/C15H18N2O3/c1-16-6-7-17(9-14(16)18)15(19)12-8-11-4-2-3-5-13(11)20-10-12/h2-5,12H,6-10H2,1H3. The first kappa shape index (κ1) is 13.0. The highest BCUT2D eigenvalue weighted by atomic mass is 16.5. The van der Waals surface area contributed by atoms with E-state index in [1.165, 1.54) is 0 Å². The minimum Gasteiger partial charge on any atom is -0.492 e. The summed E-state index contributed by atoms with van der Waals surface area (Å²) >= 11 is 0. The second kappa shape index (κ2) is 5.15. The fourth-order valence-electron chi connectivity index (χ4n) is 2.69. The van der Waals surface area contributed by atoms with E-state index in [2.05, 4.69) is 0 Å². The zero-order valence-electron chi connectivity index (χ0n) is 11.5. The molecule has 1 fully saturated rings. The molecule has 2 heterocycles. The topological polar surface area (TPSA) is 49.9 Å². The third-order valence-electron chi connectivity index (χ3n) is 4.00. The summed E-state index contributed by atoms with van der Waals surface area (Å²) < 4.78 is 5.65. The number of hydrogen-bond acceptors (Lipinski definition) is 3. The van der Waals surface area contributed by atoms with Gasteiger partial charge in [0, 0.05) is 20.1 Å². The van der Waals surface area contributed by atoms with E-state index in [0.717, 1.165) is 11.3 Å². The Balaban J connectivity index is 1.69. The molecule has 2 aliphatic heterocycles. The summed E-state index contributed by atoms with van der Waals surface area (Å²) in [6, 6.07) is 7.80. The van der Waals surface area contributed by atoms with Gasteiger partial charge < -0.3 is 14.5 Å². The maximum atomic E-state index is 12.5. The third-order valence-corrected chi connectivity index (χ3v) is 4.00. The number of carbonyl (C=O) groups is 2. The molecule has 5 nitrogen and oxygen atoms in total. The van der Waals surface area contributed by atoms with E-state index < -0.39 is 0 Å². The number of nitrogens with zero attached hydrogens (tertiary/aromatic N) is 2.